The zero-order valence-electron chi connectivity index (χ0n) is 10.3. The Morgan fingerprint density at radius 1 is 1.41 bits per heavy atom. The van der Waals surface area contributed by atoms with Gasteiger partial charge in [-0.1, -0.05) is 12.1 Å². The highest BCUT2D eigenvalue weighted by molar-refractivity contribution is 5.70. The molecule has 0 aliphatic carbocycles. The van der Waals surface area contributed by atoms with Crippen LogP contribution in [0.1, 0.15) is 19.4 Å². The van der Waals surface area contributed by atoms with Crippen LogP contribution in [-0.4, -0.2) is 30.2 Å². The number of nitrogens with zero attached hydrogens (tertiary/aromatic N) is 1. The van der Waals surface area contributed by atoms with E-state index in [4.69, 9.17) is 9.47 Å². The van der Waals surface area contributed by atoms with Crippen LogP contribution < -0.4 is 4.74 Å². The van der Waals surface area contributed by atoms with Gasteiger partial charge in [-0.3, -0.25) is 4.90 Å². The first-order valence-electron chi connectivity index (χ1n) is 5.72. The SMILES string of the molecule is COc1cccc(CN2C(=O)O[C@H](C)[C@H]2C)c1. The Labute approximate surface area is 101 Å². The topological polar surface area (TPSA) is 38.8 Å². The summed E-state index contributed by atoms with van der Waals surface area (Å²) in [5, 5.41) is 0. The zero-order valence-corrected chi connectivity index (χ0v) is 10.3. The van der Waals surface area contributed by atoms with Gasteiger partial charge in [0.2, 0.25) is 0 Å². The molecule has 1 heterocycles. The van der Waals surface area contributed by atoms with Gasteiger partial charge in [-0.2, -0.15) is 0 Å². The minimum atomic E-state index is -0.243. The van der Waals surface area contributed by atoms with E-state index in [9.17, 15) is 4.79 Å². The second-order valence-corrected chi connectivity index (χ2v) is 4.31. The normalized spacial score (nSPS) is 23.7. The highest BCUT2D eigenvalue weighted by atomic mass is 16.6. The molecule has 2 rings (SSSR count). The molecule has 17 heavy (non-hydrogen) atoms. The maximum atomic E-state index is 11.6. The summed E-state index contributed by atoms with van der Waals surface area (Å²) in [6.45, 7) is 4.46. The van der Waals surface area contributed by atoms with Crippen LogP contribution >= 0.6 is 0 Å². The Balaban J connectivity index is 2.12. The number of benzene rings is 1. The summed E-state index contributed by atoms with van der Waals surface area (Å²) in [7, 11) is 1.63. The number of ether oxygens (including phenoxy) is 2. The van der Waals surface area contributed by atoms with Crippen LogP contribution in [0.3, 0.4) is 0 Å². The van der Waals surface area contributed by atoms with E-state index in [2.05, 4.69) is 0 Å². The molecule has 0 radical (unpaired) electrons. The summed E-state index contributed by atoms with van der Waals surface area (Å²) < 4.78 is 10.3. The van der Waals surface area contributed by atoms with Gasteiger partial charge in [0.05, 0.1) is 13.2 Å². The van der Waals surface area contributed by atoms with Gasteiger partial charge in [-0.25, -0.2) is 4.79 Å². The van der Waals surface area contributed by atoms with Crippen molar-refractivity contribution in [2.75, 3.05) is 7.11 Å². The number of rotatable bonds is 3. The lowest BCUT2D eigenvalue weighted by atomic mass is 10.1. The molecule has 1 saturated heterocycles. The highest BCUT2D eigenvalue weighted by Crippen LogP contribution is 2.22. The van der Waals surface area contributed by atoms with Gasteiger partial charge in [0, 0.05) is 6.54 Å². The summed E-state index contributed by atoms with van der Waals surface area (Å²) in [5.74, 6) is 0.802. The zero-order chi connectivity index (χ0) is 12.4. The van der Waals surface area contributed by atoms with Crippen molar-refractivity contribution in [3.8, 4) is 5.75 Å². The molecule has 1 aliphatic heterocycles. The number of hydrogen-bond acceptors (Lipinski definition) is 3. The van der Waals surface area contributed by atoms with Crippen molar-refractivity contribution in [1.82, 2.24) is 4.90 Å². The van der Waals surface area contributed by atoms with Crippen LogP contribution in [0.4, 0.5) is 4.79 Å². The van der Waals surface area contributed by atoms with E-state index in [-0.39, 0.29) is 18.2 Å². The fraction of sp³-hybridized carbons (Fsp3) is 0.462. The average molecular weight is 235 g/mol. The molecule has 0 unspecified atom stereocenters. The summed E-state index contributed by atoms with van der Waals surface area (Å²) in [4.78, 5) is 13.4. The number of hydrogen-bond donors (Lipinski definition) is 0. The number of carbonyl (C=O) groups excluding carboxylic acids is 1. The quantitative estimate of drug-likeness (QED) is 0.807. The minimum absolute atomic E-state index is 0.0480. The van der Waals surface area contributed by atoms with Gasteiger partial charge in [0.15, 0.2) is 0 Å². The monoisotopic (exact) mass is 235 g/mol. The number of methoxy groups -OCH3 is 1. The van der Waals surface area contributed by atoms with Gasteiger partial charge in [0.1, 0.15) is 11.9 Å². The van der Waals surface area contributed by atoms with Gasteiger partial charge in [-0.05, 0) is 31.5 Å². The fourth-order valence-corrected chi connectivity index (χ4v) is 1.92. The van der Waals surface area contributed by atoms with Crippen molar-refractivity contribution in [3.05, 3.63) is 29.8 Å². The molecular formula is C13H17NO3. The average Bonchev–Trinajstić information content (AvgIpc) is 2.56. The van der Waals surface area contributed by atoms with Gasteiger partial charge < -0.3 is 9.47 Å². The van der Waals surface area contributed by atoms with Crippen molar-refractivity contribution in [1.29, 1.82) is 0 Å². The number of cyclic esters (lactones) is 1. The Morgan fingerprint density at radius 2 is 2.18 bits per heavy atom. The molecule has 1 aliphatic rings. The largest absolute Gasteiger partial charge is 0.497 e. The van der Waals surface area contributed by atoms with Crippen LogP contribution in [0.5, 0.6) is 5.75 Å². The maximum absolute atomic E-state index is 11.6. The van der Waals surface area contributed by atoms with E-state index in [1.165, 1.54) is 0 Å². The van der Waals surface area contributed by atoms with Crippen LogP contribution in [0.2, 0.25) is 0 Å². The molecule has 0 saturated carbocycles. The van der Waals surface area contributed by atoms with Crippen molar-refractivity contribution in [3.63, 3.8) is 0 Å². The highest BCUT2D eigenvalue weighted by Gasteiger charge is 2.35. The van der Waals surface area contributed by atoms with Gasteiger partial charge >= 0.3 is 6.09 Å². The standard InChI is InChI=1S/C13H17NO3/c1-9-10(2)17-13(15)14(9)8-11-5-4-6-12(7-11)16-3/h4-7,9-10H,8H2,1-3H3/t9-,10-/m1/s1. The third-order valence-electron chi connectivity index (χ3n) is 3.18. The molecule has 2 atom stereocenters. The molecule has 4 nitrogen and oxygen atoms in total. The predicted molar refractivity (Wildman–Crippen MR) is 63.9 cm³/mol. The lowest BCUT2D eigenvalue weighted by Gasteiger charge is -2.19. The van der Waals surface area contributed by atoms with E-state index < -0.39 is 0 Å². The Kier molecular flexibility index (Phi) is 3.22. The summed E-state index contributed by atoms with van der Waals surface area (Å²) >= 11 is 0. The molecule has 0 spiro atoms. The van der Waals surface area contributed by atoms with E-state index in [0.717, 1.165) is 11.3 Å². The van der Waals surface area contributed by atoms with Crippen LogP contribution in [0, 0.1) is 0 Å². The predicted octanol–water partition coefficient (Wildman–Crippen LogP) is 2.42. The van der Waals surface area contributed by atoms with E-state index in [0.29, 0.717) is 6.54 Å². The lowest BCUT2D eigenvalue weighted by molar-refractivity contribution is 0.137. The molecule has 1 fully saturated rings. The van der Waals surface area contributed by atoms with Gasteiger partial charge in [0.25, 0.3) is 0 Å². The molecule has 4 heteroatoms. The molecule has 0 aromatic heterocycles. The van der Waals surface area contributed by atoms with E-state index in [1.807, 2.05) is 38.1 Å². The Hall–Kier alpha value is -1.71. The lowest BCUT2D eigenvalue weighted by Crippen LogP contribution is -2.32. The van der Waals surface area contributed by atoms with Crippen LogP contribution in [0.15, 0.2) is 24.3 Å². The third kappa shape index (κ3) is 2.35. The second-order valence-electron chi connectivity index (χ2n) is 4.31. The smallest absolute Gasteiger partial charge is 0.410 e. The fourth-order valence-electron chi connectivity index (χ4n) is 1.92. The maximum Gasteiger partial charge on any atom is 0.410 e. The van der Waals surface area contributed by atoms with Crippen molar-refractivity contribution in [2.24, 2.45) is 0 Å². The van der Waals surface area contributed by atoms with Crippen LogP contribution in [-0.2, 0) is 11.3 Å². The summed E-state index contributed by atoms with van der Waals surface area (Å²) in [6, 6.07) is 7.82. The first kappa shape index (κ1) is 11.8. The molecule has 92 valence electrons. The van der Waals surface area contributed by atoms with Gasteiger partial charge in [-0.15, -0.1) is 0 Å². The molecule has 0 bridgehead atoms. The first-order chi connectivity index (χ1) is 8.11. The minimum Gasteiger partial charge on any atom is -0.497 e. The molecule has 1 amide bonds. The van der Waals surface area contributed by atoms with Crippen LogP contribution in [0.25, 0.3) is 0 Å². The van der Waals surface area contributed by atoms with Crippen molar-refractivity contribution >= 4 is 6.09 Å². The first-order valence-corrected chi connectivity index (χ1v) is 5.72. The summed E-state index contributed by atoms with van der Waals surface area (Å²) in [5.41, 5.74) is 1.04. The van der Waals surface area contributed by atoms with Crippen molar-refractivity contribution < 1.29 is 14.3 Å². The Bertz CT molecular complexity index is 419. The second kappa shape index (κ2) is 4.65. The van der Waals surface area contributed by atoms with Crippen molar-refractivity contribution in [2.45, 2.75) is 32.5 Å². The Morgan fingerprint density at radius 3 is 2.76 bits per heavy atom. The third-order valence-corrected chi connectivity index (χ3v) is 3.18. The molecular weight excluding hydrogens is 218 g/mol. The molecule has 0 N–H and O–H groups in total. The van der Waals surface area contributed by atoms with E-state index in [1.54, 1.807) is 12.0 Å². The number of amides is 1. The number of carbonyl (C=O) groups is 1. The molecule has 1 aromatic carbocycles. The summed E-state index contributed by atoms with van der Waals surface area (Å²) in [6.07, 6.45) is -0.291. The molecule has 1 aromatic rings. The van der Waals surface area contributed by atoms with E-state index >= 15 is 0 Å².